The maximum absolute atomic E-state index is 5.02. The highest BCUT2D eigenvalue weighted by atomic mass is 15.0. The molecule has 5 heteroatoms. The summed E-state index contributed by atoms with van der Waals surface area (Å²) in [7, 11) is 0. The Morgan fingerprint density at radius 1 is 0.358 bits per heavy atom. The van der Waals surface area contributed by atoms with Crippen LogP contribution in [0.3, 0.4) is 0 Å². The number of benzene rings is 9. The maximum Gasteiger partial charge on any atom is 0.164 e. The molecule has 1 aliphatic rings. The molecule has 0 fully saturated rings. The van der Waals surface area contributed by atoms with Gasteiger partial charge in [-0.05, 0) is 81.9 Å². The first-order valence-corrected chi connectivity index (χ1v) is 22.9. The van der Waals surface area contributed by atoms with Gasteiger partial charge in [-0.1, -0.05) is 190 Å². The Hall–Kier alpha value is -8.67. The summed E-state index contributed by atoms with van der Waals surface area (Å²) in [5, 5.41) is 3.76. The molecule has 3 heterocycles. The lowest BCUT2D eigenvalue weighted by atomic mass is 9.81. The van der Waals surface area contributed by atoms with E-state index in [0.717, 1.165) is 44.7 Å². The molecular formula is C62H43N5. The number of hydrogen-bond donors (Lipinski definition) is 0. The first-order valence-electron chi connectivity index (χ1n) is 22.9. The van der Waals surface area contributed by atoms with Crippen LogP contribution >= 0.6 is 0 Å². The second-order valence-corrected chi connectivity index (χ2v) is 18.0. The van der Waals surface area contributed by atoms with E-state index in [1.165, 1.54) is 60.7 Å². The highest BCUT2D eigenvalue weighted by molar-refractivity contribution is 6.23. The lowest BCUT2D eigenvalue weighted by molar-refractivity contribution is 0.666. The van der Waals surface area contributed by atoms with Crippen LogP contribution in [0.2, 0.25) is 0 Å². The van der Waals surface area contributed by atoms with Crippen LogP contribution in [0.5, 0.6) is 0 Å². The fourth-order valence-electron chi connectivity index (χ4n) is 10.6. The van der Waals surface area contributed by atoms with Crippen molar-refractivity contribution in [3.05, 3.63) is 236 Å². The average molecular weight is 858 g/mol. The molecule has 13 rings (SSSR count). The molecule has 0 spiro atoms. The molecule has 1 aliphatic carbocycles. The fourth-order valence-corrected chi connectivity index (χ4v) is 10.6. The van der Waals surface area contributed by atoms with Gasteiger partial charge >= 0.3 is 0 Å². The molecule has 5 nitrogen and oxygen atoms in total. The first-order chi connectivity index (χ1) is 33.0. The number of nitrogens with zero attached hydrogens (tertiary/aromatic N) is 5. The number of rotatable bonds is 7. The Kier molecular flexibility index (Phi) is 8.80. The topological polar surface area (TPSA) is 48.5 Å². The molecule has 316 valence electrons. The maximum atomic E-state index is 5.02. The summed E-state index contributed by atoms with van der Waals surface area (Å²) in [6.45, 7) is 4.78. The zero-order chi connectivity index (χ0) is 44.6. The van der Waals surface area contributed by atoms with E-state index in [0.29, 0.717) is 17.5 Å². The molecule has 0 bridgehead atoms. The molecule has 0 saturated heterocycles. The summed E-state index contributed by atoms with van der Waals surface area (Å²) < 4.78 is 5.00. The average Bonchev–Trinajstić information content (AvgIpc) is 4.01. The van der Waals surface area contributed by atoms with Gasteiger partial charge in [-0.25, -0.2) is 15.0 Å². The third-order valence-corrected chi connectivity index (χ3v) is 13.7. The molecule has 0 unspecified atom stereocenters. The second kappa shape index (κ2) is 15.2. The van der Waals surface area contributed by atoms with Crippen LogP contribution in [0.1, 0.15) is 25.0 Å². The van der Waals surface area contributed by atoms with Gasteiger partial charge in [-0.15, -0.1) is 0 Å². The van der Waals surface area contributed by atoms with Crippen LogP contribution in [0.15, 0.2) is 224 Å². The van der Waals surface area contributed by atoms with E-state index < -0.39 is 0 Å². The van der Waals surface area contributed by atoms with Crippen molar-refractivity contribution >= 4 is 32.7 Å². The monoisotopic (exact) mass is 857 g/mol. The molecule has 0 N–H and O–H groups in total. The summed E-state index contributed by atoms with van der Waals surface area (Å²) >= 11 is 0. The number of aromatic nitrogens is 5. The van der Waals surface area contributed by atoms with Crippen molar-refractivity contribution in [1.82, 2.24) is 24.1 Å². The number of para-hydroxylation sites is 1. The molecule has 12 aromatic rings. The summed E-state index contributed by atoms with van der Waals surface area (Å²) in [5.41, 5.74) is 18.4. The summed E-state index contributed by atoms with van der Waals surface area (Å²) in [5.74, 6) is 1.93. The highest BCUT2D eigenvalue weighted by Crippen LogP contribution is 2.55. The van der Waals surface area contributed by atoms with Gasteiger partial charge in [-0.2, -0.15) is 0 Å². The highest BCUT2D eigenvalue weighted by Gasteiger charge is 2.41. The predicted octanol–water partition coefficient (Wildman–Crippen LogP) is 15.6. The van der Waals surface area contributed by atoms with Crippen LogP contribution in [0.4, 0.5) is 0 Å². The smallest absolute Gasteiger partial charge is 0.164 e. The van der Waals surface area contributed by atoms with E-state index in [9.17, 15) is 0 Å². The van der Waals surface area contributed by atoms with Gasteiger partial charge in [0.1, 0.15) is 0 Å². The third-order valence-electron chi connectivity index (χ3n) is 13.7. The zero-order valence-electron chi connectivity index (χ0n) is 37.1. The van der Waals surface area contributed by atoms with E-state index in [2.05, 4.69) is 187 Å². The van der Waals surface area contributed by atoms with E-state index in [4.69, 9.17) is 15.0 Å². The van der Waals surface area contributed by atoms with Crippen molar-refractivity contribution in [3.8, 4) is 79.0 Å². The molecule has 0 amide bonds. The molecule has 3 aromatic heterocycles. The Bertz CT molecular complexity index is 3790. The summed E-state index contributed by atoms with van der Waals surface area (Å²) in [6.07, 6.45) is 0. The SMILES string of the molecule is CC1(C)c2ccccc2-c2c1c1ccc3c(c4cc(-c5ccccc5)ccc4n3-c3ccc(-c4cccc(-c5nc(-c6ccccc6)nc(-c6ccccc6)n5)c4)cc3)c1n2-c1ccccc1. The molecule has 0 atom stereocenters. The van der Waals surface area contributed by atoms with Crippen LogP contribution in [-0.4, -0.2) is 24.1 Å². The van der Waals surface area contributed by atoms with Crippen molar-refractivity contribution in [2.75, 3.05) is 0 Å². The largest absolute Gasteiger partial charge is 0.309 e. The Morgan fingerprint density at radius 3 is 1.52 bits per heavy atom. The fraction of sp³-hybridized carbons (Fsp3) is 0.0484. The Labute approximate surface area is 389 Å². The number of hydrogen-bond acceptors (Lipinski definition) is 3. The summed E-state index contributed by atoms with van der Waals surface area (Å²) in [6, 6.07) is 80.1. The van der Waals surface area contributed by atoms with Gasteiger partial charge in [0, 0.05) is 55.2 Å². The first kappa shape index (κ1) is 38.8. The lowest BCUT2D eigenvalue weighted by Gasteiger charge is -2.21. The standard InChI is InChI=1S/C62H43N5/c1-62(2)52-29-16-15-28-49(52)58-56(62)50-35-37-54-55(57(50)67(58)47-26-13-6-14-27-47)51-39-45(40-18-7-3-8-19-40)32-36-53(51)66(54)48-33-30-41(31-34-48)44-24-17-25-46(38-44)61-64-59(42-20-9-4-10-21-42)63-60(65-61)43-22-11-5-12-23-43/h3-39H,1-2H3. The Balaban J connectivity index is 0.991. The normalized spacial score (nSPS) is 12.7. The zero-order valence-corrected chi connectivity index (χ0v) is 37.1. The van der Waals surface area contributed by atoms with Gasteiger partial charge in [0.25, 0.3) is 0 Å². The minimum Gasteiger partial charge on any atom is -0.309 e. The van der Waals surface area contributed by atoms with Gasteiger partial charge in [0.2, 0.25) is 0 Å². The van der Waals surface area contributed by atoms with Gasteiger partial charge in [0.15, 0.2) is 17.5 Å². The van der Waals surface area contributed by atoms with Crippen LogP contribution in [0.25, 0.3) is 112 Å². The minimum absolute atomic E-state index is 0.184. The third kappa shape index (κ3) is 6.19. The van der Waals surface area contributed by atoms with Crippen molar-refractivity contribution in [2.45, 2.75) is 19.3 Å². The van der Waals surface area contributed by atoms with Crippen LogP contribution in [-0.2, 0) is 5.41 Å². The van der Waals surface area contributed by atoms with Crippen molar-refractivity contribution in [3.63, 3.8) is 0 Å². The lowest BCUT2D eigenvalue weighted by Crippen LogP contribution is -2.14. The molecule has 9 aromatic carbocycles. The van der Waals surface area contributed by atoms with E-state index in [-0.39, 0.29) is 5.41 Å². The molecular weight excluding hydrogens is 815 g/mol. The Morgan fingerprint density at radius 2 is 0.851 bits per heavy atom. The van der Waals surface area contributed by atoms with Gasteiger partial charge in [-0.3, -0.25) is 0 Å². The minimum atomic E-state index is -0.184. The summed E-state index contributed by atoms with van der Waals surface area (Å²) in [4.78, 5) is 15.0. The van der Waals surface area contributed by atoms with E-state index in [1.54, 1.807) is 0 Å². The quantitative estimate of drug-likeness (QED) is 0.160. The van der Waals surface area contributed by atoms with E-state index >= 15 is 0 Å². The molecule has 0 saturated carbocycles. The predicted molar refractivity (Wildman–Crippen MR) is 276 cm³/mol. The van der Waals surface area contributed by atoms with Gasteiger partial charge in [0.05, 0.1) is 22.2 Å². The van der Waals surface area contributed by atoms with Crippen molar-refractivity contribution < 1.29 is 0 Å². The van der Waals surface area contributed by atoms with Crippen molar-refractivity contribution in [2.24, 2.45) is 0 Å². The second-order valence-electron chi connectivity index (χ2n) is 18.0. The molecule has 0 radical (unpaired) electrons. The molecule has 67 heavy (non-hydrogen) atoms. The number of fused-ring (bicyclic) bond motifs is 9. The van der Waals surface area contributed by atoms with Crippen LogP contribution < -0.4 is 0 Å². The molecule has 0 aliphatic heterocycles. The van der Waals surface area contributed by atoms with Crippen molar-refractivity contribution in [1.29, 1.82) is 0 Å². The van der Waals surface area contributed by atoms with E-state index in [1.807, 2.05) is 60.7 Å². The van der Waals surface area contributed by atoms with Crippen LogP contribution in [0, 0.1) is 0 Å². The van der Waals surface area contributed by atoms with Gasteiger partial charge < -0.3 is 9.13 Å².